The SMILES string of the molecule is COc1ccc(NS(=O)(=O)c2ccc(CCCNC(=O)COCc3ccc(F)cc3)cc2)cc1O. The van der Waals surface area contributed by atoms with Crippen molar-refractivity contribution in [1.29, 1.82) is 0 Å². The van der Waals surface area contributed by atoms with Crippen LogP contribution in [0.3, 0.4) is 0 Å². The highest BCUT2D eigenvalue weighted by Crippen LogP contribution is 2.29. The summed E-state index contributed by atoms with van der Waals surface area (Å²) in [5, 5.41) is 12.6. The summed E-state index contributed by atoms with van der Waals surface area (Å²) in [5.74, 6) is -0.501. The molecule has 10 heteroatoms. The number of sulfonamides is 1. The summed E-state index contributed by atoms with van der Waals surface area (Å²) in [5.41, 5.74) is 1.92. The standard InChI is InChI=1S/C25H27FN2O6S/c1-33-24-13-10-21(15-23(24)29)28-35(31,32)22-11-6-18(7-12-22)3-2-14-27-25(30)17-34-16-19-4-8-20(26)9-5-19/h4-13,15,28-29H,2-3,14,16-17H2,1H3,(H,27,30). The van der Waals surface area contributed by atoms with E-state index in [1.165, 1.54) is 49.6 Å². The van der Waals surface area contributed by atoms with Crippen LogP contribution in [0, 0.1) is 5.82 Å². The van der Waals surface area contributed by atoms with E-state index < -0.39 is 10.0 Å². The van der Waals surface area contributed by atoms with E-state index >= 15 is 0 Å². The van der Waals surface area contributed by atoms with Crippen molar-refractivity contribution < 1.29 is 32.2 Å². The molecule has 0 aliphatic heterocycles. The number of nitrogens with one attached hydrogen (secondary N) is 2. The third kappa shape index (κ3) is 7.97. The van der Waals surface area contributed by atoms with Crippen LogP contribution >= 0.6 is 0 Å². The normalized spacial score (nSPS) is 11.1. The number of hydrogen-bond donors (Lipinski definition) is 3. The molecule has 0 radical (unpaired) electrons. The molecule has 3 aromatic rings. The molecule has 3 aromatic carbocycles. The van der Waals surface area contributed by atoms with Gasteiger partial charge in [0.1, 0.15) is 12.4 Å². The number of rotatable bonds is 12. The summed E-state index contributed by atoms with van der Waals surface area (Å²) in [6, 6.07) is 16.5. The number of carbonyl (C=O) groups excluding carboxylic acids is 1. The fourth-order valence-corrected chi connectivity index (χ4v) is 4.27. The number of phenols is 1. The topological polar surface area (TPSA) is 114 Å². The number of aryl methyl sites for hydroxylation is 1. The van der Waals surface area contributed by atoms with Crippen LogP contribution in [0.25, 0.3) is 0 Å². The van der Waals surface area contributed by atoms with Gasteiger partial charge in [-0.25, -0.2) is 12.8 Å². The van der Waals surface area contributed by atoms with E-state index in [0.717, 1.165) is 11.1 Å². The second kappa shape index (κ2) is 12.2. The number of hydrogen-bond acceptors (Lipinski definition) is 6. The first kappa shape index (κ1) is 26.0. The van der Waals surface area contributed by atoms with E-state index in [1.54, 1.807) is 24.3 Å². The molecular formula is C25H27FN2O6S. The molecule has 0 atom stereocenters. The van der Waals surface area contributed by atoms with Crippen molar-refractivity contribution >= 4 is 21.6 Å². The van der Waals surface area contributed by atoms with E-state index in [9.17, 15) is 22.7 Å². The maximum absolute atomic E-state index is 12.9. The van der Waals surface area contributed by atoms with Gasteiger partial charge in [-0.05, 0) is 60.4 Å². The lowest BCUT2D eigenvalue weighted by atomic mass is 10.1. The van der Waals surface area contributed by atoms with Crippen LogP contribution < -0.4 is 14.8 Å². The van der Waals surface area contributed by atoms with Crippen LogP contribution in [-0.2, 0) is 32.6 Å². The van der Waals surface area contributed by atoms with E-state index in [1.807, 2.05) is 0 Å². The molecule has 3 rings (SSSR count). The summed E-state index contributed by atoms with van der Waals surface area (Å²) in [4.78, 5) is 12.0. The lowest BCUT2D eigenvalue weighted by molar-refractivity contribution is -0.126. The summed E-state index contributed by atoms with van der Waals surface area (Å²) in [6.07, 6.45) is 1.32. The highest BCUT2D eigenvalue weighted by molar-refractivity contribution is 7.92. The predicted molar refractivity (Wildman–Crippen MR) is 129 cm³/mol. The molecule has 0 saturated carbocycles. The Kier molecular flexibility index (Phi) is 9.04. The first-order valence-electron chi connectivity index (χ1n) is 10.8. The van der Waals surface area contributed by atoms with Gasteiger partial charge in [0, 0.05) is 12.6 Å². The van der Waals surface area contributed by atoms with Crippen LogP contribution in [-0.4, -0.2) is 39.7 Å². The Hall–Kier alpha value is -3.63. The molecule has 0 unspecified atom stereocenters. The van der Waals surface area contributed by atoms with Crippen molar-refractivity contribution in [3.63, 3.8) is 0 Å². The fraction of sp³-hybridized carbons (Fsp3) is 0.240. The highest BCUT2D eigenvalue weighted by atomic mass is 32.2. The number of benzene rings is 3. The summed E-state index contributed by atoms with van der Waals surface area (Å²) >= 11 is 0. The van der Waals surface area contributed by atoms with E-state index in [2.05, 4.69) is 10.0 Å². The van der Waals surface area contributed by atoms with Crippen molar-refractivity contribution in [2.24, 2.45) is 0 Å². The van der Waals surface area contributed by atoms with Gasteiger partial charge in [0.25, 0.3) is 10.0 Å². The van der Waals surface area contributed by atoms with Crippen LogP contribution in [0.1, 0.15) is 17.5 Å². The van der Waals surface area contributed by atoms with Crippen molar-refractivity contribution in [3.8, 4) is 11.5 Å². The average molecular weight is 503 g/mol. The van der Waals surface area contributed by atoms with Gasteiger partial charge in [-0.1, -0.05) is 24.3 Å². The lowest BCUT2D eigenvalue weighted by Crippen LogP contribution is -2.28. The molecule has 8 nitrogen and oxygen atoms in total. The average Bonchev–Trinajstić information content (AvgIpc) is 2.83. The number of ether oxygens (including phenoxy) is 2. The monoisotopic (exact) mass is 502 g/mol. The lowest BCUT2D eigenvalue weighted by Gasteiger charge is -2.11. The zero-order chi connectivity index (χ0) is 25.3. The molecule has 0 aromatic heterocycles. The molecule has 0 saturated heterocycles. The Bertz CT molecular complexity index is 1230. The van der Waals surface area contributed by atoms with Crippen molar-refractivity contribution in [2.45, 2.75) is 24.3 Å². The third-order valence-corrected chi connectivity index (χ3v) is 6.44. The van der Waals surface area contributed by atoms with E-state index in [4.69, 9.17) is 9.47 Å². The number of methoxy groups -OCH3 is 1. The second-order valence-corrected chi connectivity index (χ2v) is 9.39. The van der Waals surface area contributed by atoms with Crippen LogP contribution in [0.2, 0.25) is 0 Å². The minimum atomic E-state index is -3.83. The minimum Gasteiger partial charge on any atom is -0.504 e. The van der Waals surface area contributed by atoms with Gasteiger partial charge >= 0.3 is 0 Å². The molecule has 35 heavy (non-hydrogen) atoms. The quantitative estimate of drug-likeness (QED) is 0.326. The van der Waals surface area contributed by atoms with Gasteiger partial charge in [-0.2, -0.15) is 0 Å². The summed E-state index contributed by atoms with van der Waals surface area (Å²) < 4.78 is 50.8. The summed E-state index contributed by atoms with van der Waals surface area (Å²) in [6.45, 7) is 0.571. The van der Waals surface area contributed by atoms with Gasteiger partial charge < -0.3 is 19.9 Å². The minimum absolute atomic E-state index is 0.0863. The third-order valence-electron chi connectivity index (χ3n) is 5.04. The molecule has 3 N–H and O–H groups in total. The maximum atomic E-state index is 12.9. The van der Waals surface area contributed by atoms with E-state index in [0.29, 0.717) is 19.4 Å². The smallest absolute Gasteiger partial charge is 0.261 e. The number of anilines is 1. The van der Waals surface area contributed by atoms with Crippen molar-refractivity contribution in [2.75, 3.05) is 25.0 Å². The largest absolute Gasteiger partial charge is 0.504 e. The number of aromatic hydroxyl groups is 1. The highest BCUT2D eigenvalue weighted by Gasteiger charge is 2.15. The maximum Gasteiger partial charge on any atom is 0.261 e. The number of carbonyl (C=O) groups is 1. The van der Waals surface area contributed by atoms with E-state index in [-0.39, 0.29) is 47.0 Å². The van der Waals surface area contributed by atoms with Gasteiger partial charge in [-0.3, -0.25) is 9.52 Å². The Morgan fingerprint density at radius 1 is 1.00 bits per heavy atom. The molecule has 186 valence electrons. The van der Waals surface area contributed by atoms with Crippen LogP contribution in [0.15, 0.2) is 71.6 Å². The Morgan fingerprint density at radius 2 is 1.69 bits per heavy atom. The summed E-state index contributed by atoms with van der Waals surface area (Å²) in [7, 11) is -2.42. The zero-order valence-electron chi connectivity index (χ0n) is 19.2. The van der Waals surface area contributed by atoms with Crippen LogP contribution in [0.4, 0.5) is 10.1 Å². The van der Waals surface area contributed by atoms with Gasteiger partial charge in [0.05, 0.1) is 24.3 Å². The predicted octanol–water partition coefficient (Wildman–Crippen LogP) is 3.61. The van der Waals surface area contributed by atoms with Crippen molar-refractivity contribution in [1.82, 2.24) is 5.32 Å². The van der Waals surface area contributed by atoms with Crippen LogP contribution in [0.5, 0.6) is 11.5 Å². The fourth-order valence-electron chi connectivity index (χ4n) is 3.22. The molecule has 0 fully saturated rings. The molecule has 0 spiro atoms. The molecule has 1 amide bonds. The Morgan fingerprint density at radius 3 is 2.34 bits per heavy atom. The first-order chi connectivity index (χ1) is 16.8. The van der Waals surface area contributed by atoms with Gasteiger partial charge in [0.2, 0.25) is 5.91 Å². The van der Waals surface area contributed by atoms with Gasteiger partial charge in [-0.15, -0.1) is 0 Å². The molecular weight excluding hydrogens is 475 g/mol. The Labute approximate surface area is 203 Å². The molecule has 0 aliphatic rings. The second-order valence-electron chi connectivity index (χ2n) is 7.71. The molecule has 0 aliphatic carbocycles. The van der Waals surface area contributed by atoms with Crippen molar-refractivity contribution in [3.05, 3.63) is 83.7 Å². The number of phenolic OH excluding ortho intramolecular Hbond substituents is 1. The molecule has 0 heterocycles. The van der Waals surface area contributed by atoms with Gasteiger partial charge in [0.15, 0.2) is 11.5 Å². The Balaban J connectivity index is 1.40. The number of amides is 1. The zero-order valence-corrected chi connectivity index (χ0v) is 20.0. The molecule has 0 bridgehead atoms. The number of halogens is 1. The first-order valence-corrected chi connectivity index (χ1v) is 12.3.